The van der Waals surface area contributed by atoms with Crippen LogP contribution in [0.5, 0.6) is 0 Å². The SMILES string of the molecule is CC(C)N(CCN([n+]1cc([NH-])on1)C(C)(C)C)C(C)C. The number of nitrogens with one attached hydrogen (secondary N) is 1. The first kappa shape index (κ1) is 16.8. The minimum absolute atomic E-state index is 0.0730. The molecule has 0 spiro atoms. The smallest absolute Gasteiger partial charge is 0.256 e. The van der Waals surface area contributed by atoms with Gasteiger partial charge in [-0.2, -0.15) is 0 Å². The Kier molecular flexibility index (Phi) is 5.39. The van der Waals surface area contributed by atoms with Gasteiger partial charge >= 0.3 is 0 Å². The maximum atomic E-state index is 7.48. The summed E-state index contributed by atoms with van der Waals surface area (Å²) in [6.07, 6.45) is 1.60. The molecule has 0 amide bonds. The molecule has 0 aliphatic heterocycles. The van der Waals surface area contributed by atoms with Crippen molar-refractivity contribution in [1.82, 2.24) is 10.2 Å². The molecule has 0 aromatic carbocycles. The predicted octanol–water partition coefficient (Wildman–Crippen LogP) is 2.50. The maximum Gasteiger partial charge on any atom is 0.256 e. The van der Waals surface area contributed by atoms with Crippen molar-refractivity contribution >= 4 is 5.88 Å². The summed E-state index contributed by atoms with van der Waals surface area (Å²) in [5.41, 5.74) is 7.39. The third kappa shape index (κ3) is 4.37. The van der Waals surface area contributed by atoms with Crippen molar-refractivity contribution in [1.29, 1.82) is 0 Å². The lowest BCUT2D eigenvalue weighted by Crippen LogP contribution is -2.68. The first-order valence-corrected chi connectivity index (χ1v) is 7.27. The molecule has 6 nitrogen and oxygen atoms in total. The van der Waals surface area contributed by atoms with Crippen LogP contribution in [0.1, 0.15) is 48.5 Å². The van der Waals surface area contributed by atoms with Crippen LogP contribution in [-0.2, 0) is 0 Å². The van der Waals surface area contributed by atoms with Gasteiger partial charge in [0.05, 0.1) is 16.9 Å². The van der Waals surface area contributed by atoms with Crippen LogP contribution in [0.15, 0.2) is 10.7 Å². The van der Waals surface area contributed by atoms with E-state index in [-0.39, 0.29) is 11.4 Å². The molecule has 1 heterocycles. The first-order valence-electron chi connectivity index (χ1n) is 7.27. The number of rotatable bonds is 6. The fraction of sp³-hybridized carbons (Fsp3) is 0.857. The van der Waals surface area contributed by atoms with Gasteiger partial charge in [0.1, 0.15) is 5.88 Å². The average Bonchev–Trinajstić information content (AvgIpc) is 2.67. The Labute approximate surface area is 122 Å². The van der Waals surface area contributed by atoms with Crippen molar-refractivity contribution in [2.24, 2.45) is 0 Å². The minimum Gasteiger partial charge on any atom is -0.660 e. The zero-order valence-electron chi connectivity index (χ0n) is 13.8. The van der Waals surface area contributed by atoms with Gasteiger partial charge in [0.15, 0.2) is 0 Å². The standard InChI is InChI=1S/C14H29N5O/c1-11(2)17(12(3)4)8-9-18(14(5,6)7)19-10-13(15)20-16-19/h10-12,15H,8-9H2,1-7H3. The first-order chi connectivity index (χ1) is 9.12. The Morgan fingerprint density at radius 3 is 2.10 bits per heavy atom. The van der Waals surface area contributed by atoms with Crippen LogP contribution in [0.25, 0.3) is 5.73 Å². The number of nitrogens with zero attached hydrogens (tertiary/aromatic N) is 4. The quantitative estimate of drug-likeness (QED) is 0.753. The second-order valence-corrected chi connectivity index (χ2v) is 6.71. The molecule has 0 radical (unpaired) electrons. The normalized spacial score (nSPS) is 12.7. The monoisotopic (exact) mass is 283 g/mol. The summed E-state index contributed by atoms with van der Waals surface area (Å²) in [4.78, 5) is 4.09. The van der Waals surface area contributed by atoms with E-state index in [0.717, 1.165) is 13.1 Å². The van der Waals surface area contributed by atoms with Crippen LogP contribution < -0.4 is 9.80 Å². The fourth-order valence-corrected chi connectivity index (χ4v) is 2.42. The van der Waals surface area contributed by atoms with E-state index in [0.29, 0.717) is 12.1 Å². The maximum absolute atomic E-state index is 7.48. The number of hydrogen-bond acceptors (Lipinski definition) is 4. The van der Waals surface area contributed by atoms with Crippen LogP contribution in [0.2, 0.25) is 0 Å². The average molecular weight is 283 g/mol. The molecule has 1 N–H and O–H groups in total. The lowest BCUT2D eigenvalue weighted by molar-refractivity contribution is -0.765. The van der Waals surface area contributed by atoms with E-state index in [1.165, 1.54) is 0 Å². The van der Waals surface area contributed by atoms with Gasteiger partial charge in [-0.1, -0.05) is 0 Å². The van der Waals surface area contributed by atoms with Crippen LogP contribution in [-0.4, -0.2) is 40.9 Å². The minimum atomic E-state index is -0.0897. The van der Waals surface area contributed by atoms with Gasteiger partial charge in [-0.3, -0.25) is 4.90 Å². The highest BCUT2D eigenvalue weighted by Gasteiger charge is 2.31. The summed E-state index contributed by atoms with van der Waals surface area (Å²) in [5.74, 6) is 0.0730. The van der Waals surface area contributed by atoms with Gasteiger partial charge in [-0.25, -0.2) is 0 Å². The Hall–Kier alpha value is -1.30. The summed E-state index contributed by atoms with van der Waals surface area (Å²) in [5, 5.41) is 6.03. The molecule has 6 heteroatoms. The summed E-state index contributed by atoms with van der Waals surface area (Å²) in [7, 11) is 0. The van der Waals surface area contributed by atoms with E-state index in [2.05, 4.69) is 63.6 Å². The van der Waals surface area contributed by atoms with E-state index in [4.69, 9.17) is 10.3 Å². The van der Waals surface area contributed by atoms with Gasteiger partial charge in [-0.05, 0) is 48.5 Å². The lowest BCUT2D eigenvalue weighted by Gasteiger charge is -2.34. The molecule has 0 atom stereocenters. The zero-order valence-corrected chi connectivity index (χ0v) is 13.8. The molecule has 1 aromatic rings. The third-order valence-electron chi connectivity index (χ3n) is 3.37. The Bertz CT molecular complexity index is 400. The highest BCUT2D eigenvalue weighted by molar-refractivity contribution is 5.19. The molecule has 0 bridgehead atoms. The van der Waals surface area contributed by atoms with Gasteiger partial charge in [-0.15, -0.1) is 5.01 Å². The van der Waals surface area contributed by atoms with Crippen molar-refractivity contribution in [2.45, 2.75) is 66.1 Å². The summed E-state index contributed by atoms with van der Waals surface area (Å²) in [6, 6.07) is 1.01. The molecular weight excluding hydrogens is 254 g/mol. The number of hydrogen-bond donors (Lipinski definition) is 0. The van der Waals surface area contributed by atoms with E-state index in [1.807, 2.05) is 0 Å². The molecule has 0 unspecified atom stereocenters. The van der Waals surface area contributed by atoms with E-state index in [9.17, 15) is 0 Å². The Morgan fingerprint density at radius 1 is 1.20 bits per heavy atom. The molecule has 1 aromatic heterocycles. The molecule has 0 aliphatic rings. The van der Waals surface area contributed by atoms with Crippen molar-refractivity contribution in [3.63, 3.8) is 0 Å². The van der Waals surface area contributed by atoms with Crippen LogP contribution in [0.3, 0.4) is 0 Å². The lowest BCUT2D eigenvalue weighted by atomic mass is 10.1. The summed E-state index contributed by atoms with van der Waals surface area (Å²) in [6.45, 7) is 17.0. The predicted molar refractivity (Wildman–Crippen MR) is 80.5 cm³/mol. The van der Waals surface area contributed by atoms with Gasteiger partial charge in [0.2, 0.25) is 5.27 Å². The van der Waals surface area contributed by atoms with Crippen molar-refractivity contribution < 1.29 is 9.31 Å². The molecule has 0 aliphatic carbocycles. The number of aromatic nitrogens is 2. The molecular formula is C14H29N5O. The second-order valence-electron chi connectivity index (χ2n) is 6.71. The van der Waals surface area contributed by atoms with Crippen LogP contribution >= 0.6 is 0 Å². The van der Waals surface area contributed by atoms with Crippen LogP contribution in [0.4, 0.5) is 5.88 Å². The molecule has 116 valence electrons. The molecule has 20 heavy (non-hydrogen) atoms. The molecule has 1 rings (SSSR count). The zero-order chi connectivity index (χ0) is 15.5. The Balaban J connectivity index is 2.82. The highest BCUT2D eigenvalue weighted by atomic mass is 16.5. The highest BCUT2D eigenvalue weighted by Crippen LogP contribution is 2.11. The largest absolute Gasteiger partial charge is 0.660 e. The van der Waals surface area contributed by atoms with Crippen molar-refractivity contribution in [3.8, 4) is 0 Å². The van der Waals surface area contributed by atoms with Gasteiger partial charge in [0, 0.05) is 18.6 Å². The Morgan fingerprint density at radius 2 is 1.75 bits per heavy atom. The van der Waals surface area contributed by atoms with Gasteiger partial charge in [0.25, 0.3) is 6.20 Å². The second kappa shape index (κ2) is 6.43. The summed E-state index contributed by atoms with van der Waals surface area (Å²) >= 11 is 0. The molecule has 0 fully saturated rings. The topological polar surface area (TPSA) is 60.2 Å². The fourth-order valence-electron chi connectivity index (χ4n) is 2.42. The summed E-state index contributed by atoms with van der Waals surface area (Å²) < 4.78 is 4.87. The van der Waals surface area contributed by atoms with Crippen LogP contribution in [0, 0.1) is 0 Å². The van der Waals surface area contributed by atoms with E-state index < -0.39 is 0 Å². The molecule has 0 saturated heterocycles. The van der Waals surface area contributed by atoms with Crippen molar-refractivity contribution in [3.05, 3.63) is 11.9 Å². The molecule has 0 saturated carbocycles. The van der Waals surface area contributed by atoms with Gasteiger partial charge < -0.3 is 10.3 Å². The van der Waals surface area contributed by atoms with Crippen molar-refractivity contribution in [2.75, 3.05) is 18.1 Å². The van der Waals surface area contributed by atoms with E-state index >= 15 is 0 Å². The van der Waals surface area contributed by atoms with E-state index in [1.54, 1.807) is 11.0 Å². The third-order valence-corrected chi connectivity index (χ3v) is 3.37.